The summed E-state index contributed by atoms with van der Waals surface area (Å²) >= 11 is 1.40. The molecule has 1 unspecified atom stereocenters. The molecule has 0 aromatic carbocycles. The summed E-state index contributed by atoms with van der Waals surface area (Å²) < 4.78 is 1.47. The van der Waals surface area contributed by atoms with Crippen molar-refractivity contribution in [2.45, 2.75) is 23.0 Å². The molecule has 0 amide bonds. The normalized spacial score (nSPS) is 12.6. The van der Waals surface area contributed by atoms with Crippen LogP contribution in [0.1, 0.15) is 18.7 Å². The first-order valence-electron chi connectivity index (χ1n) is 5.54. The van der Waals surface area contributed by atoms with Crippen molar-refractivity contribution in [1.82, 2.24) is 25.1 Å². The molecule has 18 heavy (non-hydrogen) atoms. The van der Waals surface area contributed by atoms with E-state index in [1.54, 1.807) is 13.2 Å². The summed E-state index contributed by atoms with van der Waals surface area (Å²) in [5.74, 6) is 0. The molecule has 2 aromatic rings. The van der Waals surface area contributed by atoms with E-state index in [2.05, 4.69) is 20.5 Å². The van der Waals surface area contributed by atoms with Crippen molar-refractivity contribution in [2.24, 2.45) is 7.05 Å². The highest BCUT2D eigenvalue weighted by atomic mass is 32.2. The minimum atomic E-state index is -0.217. The zero-order valence-electron chi connectivity index (χ0n) is 10.5. The first-order valence-corrected chi connectivity index (χ1v) is 6.36. The lowest BCUT2D eigenvalue weighted by molar-refractivity contribution is 0.631. The van der Waals surface area contributed by atoms with Gasteiger partial charge in [-0.2, -0.15) is 0 Å². The van der Waals surface area contributed by atoms with Gasteiger partial charge in [-0.15, -0.1) is 5.10 Å². The maximum absolute atomic E-state index is 11.2. The Morgan fingerprint density at radius 3 is 2.78 bits per heavy atom. The molecule has 7 heteroatoms. The topological polar surface area (TPSA) is 75.6 Å². The first-order chi connectivity index (χ1) is 8.61. The summed E-state index contributed by atoms with van der Waals surface area (Å²) in [5.41, 5.74) is 0.767. The number of H-pyrrole nitrogens is 1. The van der Waals surface area contributed by atoms with Crippen molar-refractivity contribution in [1.29, 1.82) is 0 Å². The van der Waals surface area contributed by atoms with Gasteiger partial charge in [-0.05, 0) is 37.9 Å². The number of rotatable bonds is 4. The molecule has 6 nitrogen and oxygen atoms in total. The molecule has 2 rings (SSSR count). The minimum absolute atomic E-state index is 0.217. The van der Waals surface area contributed by atoms with Crippen LogP contribution >= 0.6 is 11.8 Å². The van der Waals surface area contributed by atoms with Crippen LogP contribution in [0.15, 0.2) is 33.2 Å². The Hall–Kier alpha value is -1.60. The van der Waals surface area contributed by atoms with Gasteiger partial charge in [-0.25, -0.2) is 9.89 Å². The van der Waals surface area contributed by atoms with Gasteiger partial charge in [0.05, 0.1) is 5.69 Å². The number of aromatic amines is 1. The smallest absolute Gasteiger partial charge is 0.312 e. The second kappa shape index (κ2) is 5.36. The van der Waals surface area contributed by atoms with Gasteiger partial charge in [0.1, 0.15) is 0 Å². The van der Waals surface area contributed by atoms with Crippen LogP contribution in [-0.4, -0.2) is 26.8 Å². The molecule has 2 aromatic heterocycles. The van der Waals surface area contributed by atoms with Crippen LogP contribution in [0.4, 0.5) is 0 Å². The van der Waals surface area contributed by atoms with Crippen LogP contribution in [0.5, 0.6) is 0 Å². The zero-order valence-corrected chi connectivity index (χ0v) is 11.3. The molecule has 96 valence electrons. The summed E-state index contributed by atoms with van der Waals surface area (Å²) in [7, 11) is 3.58. The number of nitrogens with zero attached hydrogens (tertiary/aromatic N) is 3. The summed E-state index contributed by atoms with van der Waals surface area (Å²) in [5, 5.41) is 10.1. The lowest BCUT2D eigenvalue weighted by Crippen LogP contribution is -2.13. The van der Waals surface area contributed by atoms with E-state index < -0.39 is 0 Å². The van der Waals surface area contributed by atoms with Crippen molar-refractivity contribution >= 4 is 11.8 Å². The Bertz CT molecular complexity index is 574. The largest absolute Gasteiger partial charge is 0.343 e. The molecule has 0 fully saturated rings. The molecule has 0 aliphatic rings. The van der Waals surface area contributed by atoms with Gasteiger partial charge in [0.2, 0.25) is 0 Å². The quantitative estimate of drug-likeness (QED) is 0.860. The molecular weight excluding hydrogens is 250 g/mol. The monoisotopic (exact) mass is 265 g/mol. The molecule has 0 aliphatic carbocycles. The average Bonchev–Trinajstić information content (AvgIpc) is 2.71. The Morgan fingerprint density at radius 1 is 1.50 bits per heavy atom. The van der Waals surface area contributed by atoms with E-state index in [1.165, 1.54) is 16.3 Å². The maximum atomic E-state index is 11.2. The lowest BCUT2D eigenvalue weighted by Gasteiger charge is -2.09. The SMILES string of the molecule is CNC(C)c1ccc(Sc2n[nH]c(=O)n2C)cn1. The van der Waals surface area contributed by atoms with Crippen molar-refractivity contribution in [3.05, 3.63) is 34.5 Å². The number of hydrogen-bond acceptors (Lipinski definition) is 5. The van der Waals surface area contributed by atoms with E-state index in [9.17, 15) is 4.79 Å². The van der Waals surface area contributed by atoms with E-state index in [-0.39, 0.29) is 11.7 Å². The third-order valence-electron chi connectivity index (χ3n) is 2.68. The molecule has 0 saturated heterocycles. The van der Waals surface area contributed by atoms with E-state index in [0.29, 0.717) is 5.16 Å². The van der Waals surface area contributed by atoms with Gasteiger partial charge in [-0.3, -0.25) is 9.55 Å². The van der Waals surface area contributed by atoms with Crippen LogP contribution in [0.2, 0.25) is 0 Å². The molecule has 0 aliphatic heterocycles. The zero-order chi connectivity index (χ0) is 13.1. The van der Waals surface area contributed by atoms with E-state index in [0.717, 1.165) is 10.6 Å². The second-order valence-corrected chi connectivity index (χ2v) is 4.94. The fourth-order valence-corrected chi connectivity index (χ4v) is 2.15. The fraction of sp³-hybridized carbons (Fsp3) is 0.364. The summed E-state index contributed by atoms with van der Waals surface area (Å²) in [4.78, 5) is 16.5. The van der Waals surface area contributed by atoms with Crippen LogP contribution in [0, 0.1) is 0 Å². The van der Waals surface area contributed by atoms with Crippen molar-refractivity contribution in [3.63, 3.8) is 0 Å². The Kier molecular flexibility index (Phi) is 3.83. The Balaban J connectivity index is 2.16. The number of aromatic nitrogens is 4. The molecule has 0 bridgehead atoms. The highest BCUT2D eigenvalue weighted by molar-refractivity contribution is 7.99. The van der Waals surface area contributed by atoms with Gasteiger partial charge in [0.25, 0.3) is 0 Å². The van der Waals surface area contributed by atoms with Gasteiger partial charge < -0.3 is 5.32 Å². The average molecular weight is 265 g/mol. The van der Waals surface area contributed by atoms with Gasteiger partial charge in [-0.1, -0.05) is 0 Å². The molecule has 1 atom stereocenters. The predicted octanol–water partition coefficient (Wildman–Crippen LogP) is 0.935. The third-order valence-corrected chi connectivity index (χ3v) is 3.71. The predicted molar refractivity (Wildman–Crippen MR) is 69.7 cm³/mol. The van der Waals surface area contributed by atoms with Crippen molar-refractivity contribution in [2.75, 3.05) is 7.05 Å². The van der Waals surface area contributed by atoms with Crippen LogP contribution in [0.3, 0.4) is 0 Å². The summed E-state index contributed by atoms with van der Waals surface area (Å²) in [6.07, 6.45) is 1.78. The van der Waals surface area contributed by atoms with E-state index in [1.807, 2.05) is 26.1 Å². The first kappa shape index (κ1) is 12.8. The highest BCUT2D eigenvalue weighted by Crippen LogP contribution is 2.24. The molecule has 0 radical (unpaired) electrons. The number of nitrogens with one attached hydrogen (secondary N) is 2. The van der Waals surface area contributed by atoms with E-state index in [4.69, 9.17) is 0 Å². The number of hydrogen-bond donors (Lipinski definition) is 2. The number of pyridine rings is 1. The standard InChI is InChI=1S/C11H15N5OS/c1-7(12-2)9-5-4-8(6-13-9)18-11-15-14-10(17)16(11)3/h4-7,12H,1-3H3,(H,14,17). The third kappa shape index (κ3) is 2.62. The second-order valence-electron chi connectivity index (χ2n) is 3.90. The van der Waals surface area contributed by atoms with Gasteiger partial charge >= 0.3 is 5.69 Å². The fourth-order valence-electron chi connectivity index (χ4n) is 1.39. The minimum Gasteiger partial charge on any atom is -0.312 e. The molecule has 0 spiro atoms. The van der Waals surface area contributed by atoms with Crippen LogP contribution in [0.25, 0.3) is 0 Å². The maximum Gasteiger partial charge on any atom is 0.343 e. The van der Waals surface area contributed by atoms with Gasteiger partial charge in [0, 0.05) is 24.2 Å². The lowest BCUT2D eigenvalue weighted by atomic mass is 10.2. The molecule has 0 saturated carbocycles. The Morgan fingerprint density at radius 2 is 2.28 bits per heavy atom. The van der Waals surface area contributed by atoms with Crippen molar-refractivity contribution < 1.29 is 0 Å². The molecule has 2 heterocycles. The highest BCUT2D eigenvalue weighted by Gasteiger charge is 2.08. The van der Waals surface area contributed by atoms with Crippen LogP contribution < -0.4 is 11.0 Å². The summed E-state index contributed by atoms with van der Waals surface area (Å²) in [6.45, 7) is 2.05. The molecule has 2 N–H and O–H groups in total. The Labute approximate surface area is 109 Å². The molecular formula is C11H15N5OS. The van der Waals surface area contributed by atoms with Crippen molar-refractivity contribution in [3.8, 4) is 0 Å². The van der Waals surface area contributed by atoms with E-state index >= 15 is 0 Å². The van der Waals surface area contributed by atoms with Crippen LogP contribution in [-0.2, 0) is 7.05 Å². The van der Waals surface area contributed by atoms with Gasteiger partial charge in [0.15, 0.2) is 5.16 Å². The summed E-state index contributed by atoms with van der Waals surface area (Å²) in [6, 6.07) is 4.16.